The normalized spacial score (nSPS) is 18.3. The molecule has 12 nitrogen and oxygen atoms in total. The van der Waals surface area contributed by atoms with Gasteiger partial charge in [-0.15, -0.1) is 0 Å². The zero-order valence-corrected chi connectivity index (χ0v) is 17.0. The number of carboxylic acid groups (broad SMARTS) is 1. The number of aliphatic carboxylic acids is 1. The standard InChI is InChI=1S/C17H32N4O8/c1-5-7(2)11(18)15(26)19-10(6-22)14(25)20-12(8(3)23)16(27)21-13(9(4)24)17(28)29/h7-13,22-24H,5-6,18H2,1-4H3,(H,19,26)(H,20,25)(H,21,27)(H,28,29). The van der Waals surface area contributed by atoms with Crippen LogP contribution in [0.3, 0.4) is 0 Å². The Kier molecular flexibility index (Phi) is 11.3. The van der Waals surface area contributed by atoms with Crippen molar-refractivity contribution in [2.45, 2.75) is 70.5 Å². The molecular formula is C17H32N4O8. The van der Waals surface area contributed by atoms with Gasteiger partial charge in [-0.1, -0.05) is 20.3 Å². The lowest BCUT2D eigenvalue weighted by molar-refractivity contribution is -0.146. The number of nitrogens with one attached hydrogen (secondary N) is 3. The van der Waals surface area contributed by atoms with Gasteiger partial charge in [-0.3, -0.25) is 14.4 Å². The van der Waals surface area contributed by atoms with Crippen molar-refractivity contribution in [2.24, 2.45) is 11.7 Å². The third-order valence-corrected chi connectivity index (χ3v) is 4.48. The first-order valence-electron chi connectivity index (χ1n) is 9.23. The summed E-state index contributed by atoms with van der Waals surface area (Å²) in [5.41, 5.74) is 5.77. The van der Waals surface area contributed by atoms with E-state index in [-0.39, 0.29) is 5.92 Å². The molecule has 7 unspecified atom stereocenters. The molecule has 0 aliphatic heterocycles. The molecular weight excluding hydrogens is 388 g/mol. The fourth-order valence-corrected chi connectivity index (χ4v) is 2.27. The van der Waals surface area contributed by atoms with Gasteiger partial charge in [-0.2, -0.15) is 0 Å². The average Bonchev–Trinajstić information content (AvgIpc) is 2.65. The van der Waals surface area contributed by atoms with Gasteiger partial charge in [0, 0.05) is 0 Å². The van der Waals surface area contributed by atoms with Crippen LogP contribution in [-0.4, -0.2) is 87.1 Å². The highest BCUT2D eigenvalue weighted by atomic mass is 16.4. The van der Waals surface area contributed by atoms with Crippen LogP contribution in [0, 0.1) is 5.92 Å². The van der Waals surface area contributed by atoms with Gasteiger partial charge in [0.05, 0.1) is 24.9 Å². The summed E-state index contributed by atoms with van der Waals surface area (Å²) in [6, 6.07) is -5.63. The summed E-state index contributed by atoms with van der Waals surface area (Å²) in [6.07, 6.45) is -2.27. The monoisotopic (exact) mass is 420 g/mol. The van der Waals surface area contributed by atoms with Crippen LogP contribution < -0.4 is 21.7 Å². The van der Waals surface area contributed by atoms with Crippen molar-refractivity contribution in [2.75, 3.05) is 6.61 Å². The number of rotatable bonds is 12. The van der Waals surface area contributed by atoms with Crippen molar-refractivity contribution < 1.29 is 39.6 Å². The number of nitrogens with two attached hydrogens (primary N) is 1. The van der Waals surface area contributed by atoms with E-state index in [0.29, 0.717) is 6.42 Å². The number of hydrogen-bond acceptors (Lipinski definition) is 8. The Morgan fingerprint density at radius 1 is 0.862 bits per heavy atom. The summed E-state index contributed by atoms with van der Waals surface area (Å²) in [5, 5.41) is 44.1. The predicted octanol–water partition coefficient (Wildman–Crippen LogP) is -3.35. The van der Waals surface area contributed by atoms with Crippen LogP contribution >= 0.6 is 0 Å². The van der Waals surface area contributed by atoms with Crippen molar-refractivity contribution in [3.05, 3.63) is 0 Å². The Hall–Kier alpha value is -2.28. The van der Waals surface area contributed by atoms with E-state index in [9.17, 15) is 34.5 Å². The van der Waals surface area contributed by atoms with Crippen molar-refractivity contribution in [3.8, 4) is 0 Å². The molecule has 0 aromatic rings. The number of carbonyl (C=O) groups excluding carboxylic acids is 3. The second-order valence-electron chi connectivity index (χ2n) is 6.95. The lowest BCUT2D eigenvalue weighted by atomic mass is 9.99. The summed E-state index contributed by atoms with van der Waals surface area (Å²) in [7, 11) is 0. The minimum Gasteiger partial charge on any atom is -0.480 e. The Bertz CT molecular complexity index is 584. The summed E-state index contributed by atoms with van der Waals surface area (Å²) in [5.74, 6) is -4.42. The number of amides is 3. The molecule has 0 radical (unpaired) electrons. The number of aliphatic hydroxyl groups is 3. The van der Waals surface area contributed by atoms with Gasteiger partial charge in [-0.25, -0.2) is 4.79 Å². The molecule has 0 bridgehead atoms. The van der Waals surface area contributed by atoms with E-state index in [1.807, 2.05) is 12.2 Å². The summed E-state index contributed by atoms with van der Waals surface area (Å²) in [4.78, 5) is 47.9. The fourth-order valence-electron chi connectivity index (χ4n) is 2.27. The summed E-state index contributed by atoms with van der Waals surface area (Å²) in [6.45, 7) is 5.09. The number of carboxylic acids is 1. The average molecular weight is 420 g/mol. The van der Waals surface area contributed by atoms with Crippen molar-refractivity contribution in [1.82, 2.24) is 16.0 Å². The quantitative estimate of drug-likeness (QED) is 0.158. The molecule has 0 aromatic carbocycles. The molecule has 29 heavy (non-hydrogen) atoms. The molecule has 0 rings (SSSR count). The van der Waals surface area contributed by atoms with Crippen LogP contribution in [0.2, 0.25) is 0 Å². The van der Waals surface area contributed by atoms with Gasteiger partial charge >= 0.3 is 5.97 Å². The molecule has 0 aromatic heterocycles. The van der Waals surface area contributed by atoms with Gasteiger partial charge in [0.2, 0.25) is 17.7 Å². The molecule has 0 aliphatic rings. The van der Waals surface area contributed by atoms with Crippen molar-refractivity contribution in [1.29, 1.82) is 0 Å². The van der Waals surface area contributed by atoms with Gasteiger partial charge in [0.25, 0.3) is 0 Å². The Balaban J connectivity index is 5.21. The summed E-state index contributed by atoms with van der Waals surface area (Å²) >= 11 is 0. The number of aliphatic hydroxyl groups excluding tert-OH is 3. The van der Waals surface area contributed by atoms with Crippen LogP contribution in [0.1, 0.15) is 34.1 Å². The number of carbonyl (C=O) groups is 4. The van der Waals surface area contributed by atoms with E-state index >= 15 is 0 Å². The molecule has 0 saturated heterocycles. The fraction of sp³-hybridized carbons (Fsp3) is 0.765. The van der Waals surface area contributed by atoms with E-state index in [2.05, 4.69) is 10.6 Å². The van der Waals surface area contributed by atoms with Crippen molar-refractivity contribution >= 4 is 23.7 Å². The van der Waals surface area contributed by atoms with Crippen LogP contribution in [-0.2, 0) is 19.2 Å². The highest BCUT2D eigenvalue weighted by Crippen LogP contribution is 2.06. The second-order valence-corrected chi connectivity index (χ2v) is 6.95. The maximum Gasteiger partial charge on any atom is 0.328 e. The molecule has 7 atom stereocenters. The van der Waals surface area contributed by atoms with Gasteiger partial charge in [-0.05, 0) is 19.8 Å². The molecule has 9 N–H and O–H groups in total. The summed E-state index contributed by atoms with van der Waals surface area (Å²) < 4.78 is 0. The first-order valence-corrected chi connectivity index (χ1v) is 9.23. The first kappa shape index (κ1) is 26.7. The van der Waals surface area contributed by atoms with E-state index in [1.165, 1.54) is 6.92 Å². The van der Waals surface area contributed by atoms with Gasteiger partial charge in [0.1, 0.15) is 12.1 Å². The largest absolute Gasteiger partial charge is 0.480 e. The maximum atomic E-state index is 12.4. The highest BCUT2D eigenvalue weighted by Gasteiger charge is 2.34. The van der Waals surface area contributed by atoms with Gasteiger partial charge in [0.15, 0.2) is 6.04 Å². The zero-order valence-electron chi connectivity index (χ0n) is 17.0. The minimum absolute atomic E-state index is 0.179. The molecule has 168 valence electrons. The van der Waals surface area contributed by atoms with Crippen LogP contribution in [0.15, 0.2) is 0 Å². The molecule has 0 spiro atoms. The molecule has 0 heterocycles. The molecule has 0 saturated carbocycles. The third-order valence-electron chi connectivity index (χ3n) is 4.48. The lowest BCUT2D eigenvalue weighted by Gasteiger charge is -2.27. The Morgan fingerprint density at radius 3 is 1.72 bits per heavy atom. The molecule has 12 heteroatoms. The van der Waals surface area contributed by atoms with Crippen LogP contribution in [0.25, 0.3) is 0 Å². The Labute approximate surface area is 168 Å². The SMILES string of the molecule is CCC(C)C(N)C(=O)NC(CO)C(=O)NC(C(=O)NC(C(=O)O)C(C)O)C(C)O. The predicted molar refractivity (Wildman–Crippen MR) is 101 cm³/mol. The zero-order chi connectivity index (χ0) is 22.9. The number of hydrogen-bond donors (Lipinski definition) is 8. The second kappa shape index (κ2) is 12.3. The minimum atomic E-state index is -1.66. The van der Waals surface area contributed by atoms with Crippen LogP contribution in [0.5, 0.6) is 0 Å². The van der Waals surface area contributed by atoms with Gasteiger partial charge < -0.3 is 42.1 Å². The molecule has 3 amide bonds. The van der Waals surface area contributed by atoms with E-state index in [1.54, 1.807) is 6.92 Å². The van der Waals surface area contributed by atoms with E-state index in [0.717, 1.165) is 6.92 Å². The third kappa shape index (κ3) is 8.31. The van der Waals surface area contributed by atoms with Crippen LogP contribution in [0.4, 0.5) is 0 Å². The lowest BCUT2D eigenvalue weighted by Crippen LogP contribution is -2.61. The van der Waals surface area contributed by atoms with E-state index in [4.69, 9.17) is 10.8 Å². The Morgan fingerprint density at radius 2 is 1.34 bits per heavy atom. The molecule has 0 fully saturated rings. The maximum absolute atomic E-state index is 12.4. The van der Waals surface area contributed by atoms with Crippen molar-refractivity contribution in [3.63, 3.8) is 0 Å². The van der Waals surface area contributed by atoms with E-state index < -0.39 is 66.7 Å². The smallest absolute Gasteiger partial charge is 0.328 e. The molecule has 0 aliphatic carbocycles. The highest BCUT2D eigenvalue weighted by molar-refractivity contribution is 5.94. The topological polar surface area (TPSA) is 211 Å². The first-order chi connectivity index (χ1) is 13.4.